The van der Waals surface area contributed by atoms with Crippen LogP contribution in [0.15, 0.2) is 17.0 Å². The smallest absolute Gasteiger partial charge is 0.238 e. The molecule has 1 aromatic rings. The van der Waals surface area contributed by atoms with Gasteiger partial charge in [-0.15, -0.1) is 0 Å². The minimum atomic E-state index is -3.81. The minimum Gasteiger partial charge on any atom is -0.325 e. The number of sulfonamides is 1. The number of nitrogens with two attached hydrogens (primary N) is 1. The average Bonchev–Trinajstić information content (AvgIpc) is 2.57. The van der Waals surface area contributed by atoms with Crippen molar-refractivity contribution < 1.29 is 13.2 Å². The lowest BCUT2D eigenvalue weighted by Crippen LogP contribution is -2.39. The van der Waals surface area contributed by atoms with E-state index in [-0.39, 0.29) is 10.8 Å². The number of rotatable bonds is 7. The van der Waals surface area contributed by atoms with Crippen LogP contribution < -0.4 is 15.8 Å². The van der Waals surface area contributed by atoms with E-state index in [1.54, 1.807) is 6.92 Å². The number of benzene rings is 1. The van der Waals surface area contributed by atoms with Crippen LogP contribution >= 0.6 is 0 Å². The summed E-state index contributed by atoms with van der Waals surface area (Å²) in [5, 5.41) is 11.2. The molecule has 1 aromatic carbocycles. The fraction of sp³-hybridized carbons (Fsp3) is 0.611. The summed E-state index contributed by atoms with van der Waals surface area (Å²) in [7, 11) is -1.84. The molecule has 0 bridgehead atoms. The van der Waals surface area contributed by atoms with Crippen LogP contribution in [0, 0.1) is 19.8 Å². The third kappa shape index (κ3) is 5.77. The van der Waals surface area contributed by atoms with Crippen molar-refractivity contribution in [2.45, 2.75) is 38.0 Å². The van der Waals surface area contributed by atoms with Crippen LogP contribution in [0.1, 0.15) is 30.4 Å². The zero-order valence-electron chi connectivity index (χ0n) is 15.8. The number of primary sulfonamides is 1. The van der Waals surface area contributed by atoms with E-state index in [1.807, 2.05) is 14.0 Å². The van der Waals surface area contributed by atoms with Gasteiger partial charge in [-0.3, -0.25) is 9.69 Å². The van der Waals surface area contributed by atoms with Crippen molar-refractivity contribution in [2.75, 3.05) is 38.5 Å². The van der Waals surface area contributed by atoms with E-state index >= 15 is 0 Å². The molecule has 0 aromatic heterocycles. The Balaban J connectivity index is 1.95. The standard InChI is InChI=1S/C18H30N4O3S/c1-13-10-16(26(19,24)25)11-17(14(13)2)21-18(23)12-22-8-5-15(6-9-22)4-7-20-3/h10-11,15,20H,4-9,12H2,1-3H3,(H,21,23)(H2,19,24,25). The quantitative estimate of drug-likeness (QED) is 0.657. The minimum absolute atomic E-state index is 0.0150. The molecule has 146 valence electrons. The fourth-order valence-corrected chi connectivity index (χ4v) is 3.92. The molecule has 4 N–H and O–H groups in total. The van der Waals surface area contributed by atoms with Crippen molar-refractivity contribution in [3.63, 3.8) is 0 Å². The second kappa shape index (κ2) is 8.94. The third-order valence-electron chi connectivity index (χ3n) is 5.12. The highest BCUT2D eigenvalue weighted by atomic mass is 32.2. The molecule has 7 nitrogen and oxygen atoms in total. The predicted molar refractivity (Wildman–Crippen MR) is 104 cm³/mol. The first-order valence-electron chi connectivity index (χ1n) is 9.01. The summed E-state index contributed by atoms with van der Waals surface area (Å²) in [4.78, 5) is 14.6. The number of piperidine rings is 1. The first-order valence-corrected chi connectivity index (χ1v) is 10.6. The molecule has 2 rings (SSSR count). The van der Waals surface area contributed by atoms with Crippen LogP contribution in [0.2, 0.25) is 0 Å². The molecular weight excluding hydrogens is 352 g/mol. The predicted octanol–water partition coefficient (Wildman–Crippen LogP) is 1.21. The zero-order chi connectivity index (χ0) is 19.3. The number of likely N-dealkylation sites (tertiary alicyclic amines) is 1. The van der Waals surface area contributed by atoms with Gasteiger partial charge in [-0.25, -0.2) is 13.6 Å². The highest BCUT2D eigenvalue weighted by Gasteiger charge is 2.21. The largest absolute Gasteiger partial charge is 0.325 e. The maximum absolute atomic E-state index is 12.4. The monoisotopic (exact) mass is 382 g/mol. The number of nitrogens with one attached hydrogen (secondary N) is 2. The number of aryl methyl sites for hydroxylation is 1. The van der Waals surface area contributed by atoms with Crippen LogP contribution in [-0.2, 0) is 14.8 Å². The van der Waals surface area contributed by atoms with Crippen LogP contribution in [-0.4, -0.2) is 52.5 Å². The maximum Gasteiger partial charge on any atom is 0.238 e. The van der Waals surface area contributed by atoms with Crippen molar-refractivity contribution in [1.82, 2.24) is 10.2 Å². The normalized spacial score (nSPS) is 16.6. The second-order valence-corrected chi connectivity index (χ2v) is 8.68. The van der Waals surface area contributed by atoms with Crippen molar-refractivity contribution in [3.8, 4) is 0 Å². The van der Waals surface area contributed by atoms with E-state index in [0.717, 1.165) is 49.5 Å². The van der Waals surface area contributed by atoms with Crippen LogP contribution in [0.25, 0.3) is 0 Å². The summed E-state index contributed by atoms with van der Waals surface area (Å²) in [5.41, 5.74) is 2.12. The van der Waals surface area contributed by atoms with E-state index < -0.39 is 10.0 Å². The molecule has 8 heteroatoms. The number of carbonyl (C=O) groups excluding carboxylic acids is 1. The van der Waals surface area contributed by atoms with Gasteiger partial charge in [0.1, 0.15) is 0 Å². The Morgan fingerprint density at radius 2 is 1.92 bits per heavy atom. The summed E-state index contributed by atoms with van der Waals surface area (Å²) in [6, 6.07) is 2.95. The molecule has 1 fully saturated rings. The Morgan fingerprint density at radius 1 is 1.27 bits per heavy atom. The number of hydrogen-bond acceptors (Lipinski definition) is 5. The number of nitrogens with zero attached hydrogens (tertiary/aromatic N) is 1. The SMILES string of the molecule is CNCCC1CCN(CC(=O)Nc2cc(S(N)(=O)=O)cc(C)c2C)CC1. The van der Waals surface area contributed by atoms with Gasteiger partial charge in [-0.1, -0.05) is 0 Å². The van der Waals surface area contributed by atoms with E-state index in [4.69, 9.17) is 5.14 Å². The fourth-order valence-electron chi connectivity index (χ4n) is 3.29. The van der Waals surface area contributed by atoms with Gasteiger partial charge < -0.3 is 10.6 Å². The van der Waals surface area contributed by atoms with E-state index in [1.165, 1.54) is 18.6 Å². The van der Waals surface area contributed by atoms with Gasteiger partial charge in [0.2, 0.25) is 15.9 Å². The molecule has 0 saturated carbocycles. The first-order chi connectivity index (χ1) is 12.2. The molecule has 1 aliphatic rings. The van der Waals surface area contributed by atoms with Gasteiger partial charge >= 0.3 is 0 Å². The summed E-state index contributed by atoms with van der Waals surface area (Å²) in [5.74, 6) is 0.589. The summed E-state index contributed by atoms with van der Waals surface area (Å²) in [6.45, 7) is 6.83. The molecule has 0 atom stereocenters. The van der Waals surface area contributed by atoms with E-state index in [2.05, 4.69) is 15.5 Å². The highest BCUT2D eigenvalue weighted by molar-refractivity contribution is 7.89. The number of amides is 1. The van der Waals surface area contributed by atoms with E-state index in [9.17, 15) is 13.2 Å². The van der Waals surface area contributed by atoms with Gasteiger partial charge in [0.25, 0.3) is 0 Å². The van der Waals surface area contributed by atoms with Crippen LogP contribution in [0.4, 0.5) is 5.69 Å². The van der Waals surface area contributed by atoms with Gasteiger partial charge in [-0.05, 0) is 89.0 Å². The van der Waals surface area contributed by atoms with Gasteiger partial charge in [0, 0.05) is 5.69 Å². The summed E-state index contributed by atoms with van der Waals surface area (Å²) in [6.07, 6.45) is 3.39. The van der Waals surface area contributed by atoms with Crippen molar-refractivity contribution in [1.29, 1.82) is 0 Å². The molecule has 1 saturated heterocycles. The summed E-state index contributed by atoms with van der Waals surface area (Å²) < 4.78 is 23.2. The lowest BCUT2D eigenvalue weighted by molar-refractivity contribution is -0.117. The molecule has 0 aliphatic carbocycles. The molecule has 0 spiro atoms. The van der Waals surface area contributed by atoms with Gasteiger partial charge in [-0.2, -0.15) is 0 Å². The molecule has 1 amide bonds. The second-order valence-electron chi connectivity index (χ2n) is 7.12. The Bertz CT molecular complexity index is 741. The van der Waals surface area contributed by atoms with E-state index in [0.29, 0.717) is 12.2 Å². The average molecular weight is 383 g/mol. The summed E-state index contributed by atoms with van der Waals surface area (Å²) >= 11 is 0. The molecule has 0 radical (unpaired) electrons. The Labute approximate surface area is 156 Å². The Morgan fingerprint density at radius 3 is 2.50 bits per heavy atom. The zero-order valence-corrected chi connectivity index (χ0v) is 16.7. The number of hydrogen-bond donors (Lipinski definition) is 3. The third-order valence-corrected chi connectivity index (χ3v) is 6.01. The number of anilines is 1. The lowest BCUT2D eigenvalue weighted by atomic mass is 9.93. The van der Waals surface area contributed by atoms with Crippen LogP contribution in [0.3, 0.4) is 0 Å². The molecular formula is C18H30N4O3S. The lowest BCUT2D eigenvalue weighted by Gasteiger charge is -2.31. The number of carbonyl (C=O) groups is 1. The van der Waals surface area contributed by atoms with Gasteiger partial charge in [0.05, 0.1) is 11.4 Å². The molecule has 1 aliphatic heterocycles. The maximum atomic E-state index is 12.4. The van der Waals surface area contributed by atoms with Gasteiger partial charge in [0.15, 0.2) is 0 Å². The topological polar surface area (TPSA) is 105 Å². The first kappa shape index (κ1) is 20.8. The molecule has 1 heterocycles. The highest BCUT2D eigenvalue weighted by Crippen LogP contribution is 2.24. The van der Waals surface area contributed by atoms with Crippen molar-refractivity contribution in [2.24, 2.45) is 11.1 Å². The molecule has 26 heavy (non-hydrogen) atoms. The van der Waals surface area contributed by atoms with Crippen molar-refractivity contribution in [3.05, 3.63) is 23.3 Å². The van der Waals surface area contributed by atoms with Crippen molar-refractivity contribution >= 4 is 21.6 Å². The Kier molecular flexibility index (Phi) is 7.16. The molecule has 0 unspecified atom stereocenters. The van der Waals surface area contributed by atoms with Crippen LogP contribution in [0.5, 0.6) is 0 Å². The Hall–Kier alpha value is -1.48.